The second-order valence-electron chi connectivity index (χ2n) is 5.92. The number of halogens is 1. The van der Waals surface area contributed by atoms with Crippen LogP contribution >= 0.6 is 11.6 Å². The van der Waals surface area contributed by atoms with Crippen molar-refractivity contribution < 1.29 is 9.90 Å². The summed E-state index contributed by atoms with van der Waals surface area (Å²) in [7, 11) is 0. The number of aromatic nitrogens is 2. The van der Waals surface area contributed by atoms with Crippen LogP contribution in [0.1, 0.15) is 34.5 Å². The van der Waals surface area contributed by atoms with Gasteiger partial charge in [0.05, 0.1) is 23.9 Å². The van der Waals surface area contributed by atoms with Crippen LogP contribution < -0.4 is 0 Å². The fourth-order valence-corrected chi connectivity index (χ4v) is 3.20. The van der Waals surface area contributed by atoms with Gasteiger partial charge in [-0.25, -0.2) is 4.68 Å². The minimum absolute atomic E-state index is 0.0984. The molecule has 122 valence electrons. The third-order valence-corrected chi connectivity index (χ3v) is 4.59. The molecule has 0 aliphatic carbocycles. The van der Waals surface area contributed by atoms with Gasteiger partial charge in [-0.1, -0.05) is 41.9 Å². The number of carbonyl (C=O) groups is 1. The number of benzene rings is 1. The van der Waals surface area contributed by atoms with E-state index in [1.54, 1.807) is 16.5 Å². The van der Waals surface area contributed by atoms with Crippen molar-refractivity contribution in [2.75, 3.05) is 13.1 Å². The highest BCUT2D eigenvalue weighted by Crippen LogP contribution is 2.24. The predicted molar refractivity (Wildman–Crippen MR) is 88.7 cm³/mol. The van der Waals surface area contributed by atoms with Gasteiger partial charge in [-0.2, -0.15) is 5.10 Å². The summed E-state index contributed by atoms with van der Waals surface area (Å²) in [6.07, 6.45) is 0.914. The molecule has 0 radical (unpaired) electrons. The maximum absolute atomic E-state index is 12.7. The predicted octanol–water partition coefficient (Wildman–Crippen LogP) is 2.49. The third kappa shape index (κ3) is 3.41. The maximum Gasteiger partial charge on any atom is 0.258 e. The molecule has 1 aliphatic heterocycles. The van der Waals surface area contributed by atoms with Crippen LogP contribution in [0.2, 0.25) is 5.15 Å². The number of aliphatic hydroxyl groups excluding tert-OH is 1. The molecule has 1 saturated heterocycles. The van der Waals surface area contributed by atoms with Crippen molar-refractivity contribution >= 4 is 17.5 Å². The van der Waals surface area contributed by atoms with Crippen molar-refractivity contribution in [3.05, 3.63) is 52.3 Å². The number of aliphatic hydroxyl groups is 1. The normalized spacial score (nSPS) is 15.9. The molecular formula is C17H20ClN3O2. The molecular weight excluding hydrogens is 314 g/mol. The summed E-state index contributed by atoms with van der Waals surface area (Å²) < 4.78 is 1.66. The van der Waals surface area contributed by atoms with E-state index in [4.69, 9.17) is 11.6 Å². The minimum Gasteiger partial charge on any atom is -0.393 e. The van der Waals surface area contributed by atoms with Crippen LogP contribution in [-0.4, -0.2) is 44.9 Å². The SMILES string of the molecule is Cc1nn(Cc2ccccc2)c(Cl)c1C(=O)N1CCC(O)CC1. The highest BCUT2D eigenvalue weighted by molar-refractivity contribution is 6.33. The molecule has 3 rings (SSSR count). The van der Waals surface area contributed by atoms with Gasteiger partial charge in [0.25, 0.3) is 5.91 Å². The number of nitrogens with zero attached hydrogens (tertiary/aromatic N) is 3. The van der Waals surface area contributed by atoms with Gasteiger partial charge in [0.15, 0.2) is 0 Å². The standard InChI is InChI=1S/C17H20ClN3O2/c1-12-15(17(23)20-9-7-14(22)8-10-20)16(18)21(19-12)11-13-5-3-2-4-6-13/h2-6,14,22H,7-11H2,1H3. The molecule has 0 spiro atoms. The summed E-state index contributed by atoms with van der Waals surface area (Å²) in [4.78, 5) is 14.5. The number of amides is 1. The van der Waals surface area contributed by atoms with Gasteiger partial charge in [0, 0.05) is 13.1 Å². The van der Waals surface area contributed by atoms with Crippen LogP contribution in [0.5, 0.6) is 0 Å². The molecule has 1 N–H and O–H groups in total. The number of hydrogen-bond acceptors (Lipinski definition) is 3. The van der Waals surface area contributed by atoms with Crippen LogP contribution in [-0.2, 0) is 6.54 Å². The summed E-state index contributed by atoms with van der Waals surface area (Å²) >= 11 is 6.43. The first-order valence-corrected chi connectivity index (χ1v) is 8.18. The first-order valence-electron chi connectivity index (χ1n) is 7.80. The topological polar surface area (TPSA) is 58.4 Å². The number of carbonyl (C=O) groups excluding carboxylic acids is 1. The van der Waals surface area contributed by atoms with Gasteiger partial charge in [0.2, 0.25) is 0 Å². The van der Waals surface area contributed by atoms with Gasteiger partial charge in [-0.05, 0) is 25.3 Å². The zero-order valence-electron chi connectivity index (χ0n) is 13.1. The van der Waals surface area contributed by atoms with E-state index >= 15 is 0 Å². The van der Waals surface area contributed by atoms with E-state index in [9.17, 15) is 9.90 Å². The van der Waals surface area contributed by atoms with Crippen molar-refractivity contribution in [2.45, 2.75) is 32.4 Å². The second-order valence-corrected chi connectivity index (χ2v) is 6.28. The van der Waals surface area contributed by atoms with E-state index < -0.39 is 0 Å². The molecule has 1 aromatic heterocycles. The number of hydrogen-bond donors (Lipinski definition) is 1. The molecule has 0 bridgehead atoms. The second kappa shape index (κ2) is 6.72. The van der Waals surface area contributed by atoms with Gasteiger partial charge in [-0.15, -0.1) is 0 Å². The van der Waals surface area contributed by atoms with Crippen LogP contribution in [0.4, 0.5) is 0 Å². The monoisotopic (exact) mass is 333 g/mol. The van der Waals surface area contributed by atoms with Gasteiger partial charge in [-0.3, -0.25) is 4.79 Å². The average molecular weight is 334 g/mol. The molecule has 1 aliphatic rings. The van der Waals surface area contributed by atoms with E-state index in [0.717, 1.165) is 5.56 Å². The molecule has 2 heterocycles. The lowest BCUT2D eigenvalue weighted by Crippen LogP contribution is -2.40. The van der Waals surface area contributed by atoms with Gasteiger partial charge < -0.3 is 10.0 Å². The van der Waals surface area contributed by atoms with E-state index in [1.165, 1.54) is 0 Å². The van der Waals surface area contributed by atoms with E-state index in [0.29, 0.717) is 48.9 Å². The Morgan fingerprint density at radius 1 is 1.30 bits per heavy atom. The van der Waals surface area contributed by atoms with Crippen molar-refractivity contribution in [3.8, 4) is 0 Å². The molecule has 0 unspecified atom stereocenters. The molecule has 1 aromatic carbocycles. The molecule has 0 atom stereocenters. The van der Waals surface area contributed by atoms with Crippen LogP contribution in [0.25, 0.3) is 0 Å². The Bertz CT molecular complexity index is 691. The Hall–Kier alpha value is -1.85. The summed E-state index contributed by atoms with van der Waals surface area (Å²) in [5.74, 6) is -0.0984. The Labute approximate surface area is 140 Å². The molecule has 5 nitrogen and oxygen atoms in total. The largest absolute Gasteiger partial charge is 0.393 e. The third-order valence-electron chi connectivity index (χ3n) is 4.21. The number of rotatable bonds is 3. The van der Waals surface area contributed by atoms with E-state index in [1.807, 2.05) is 30.3 Å². The van der Waals surface area contributed by atoms with Crippen molar-refractivity contribution in [1.82, 2.24) is 14.7 Å². The molecule has 0 saturated carbocycles. The molecule has 6 heteroatoms. The summed E-state index contributed by atoms with van der Waals surface area (Å²) in [6.45, 7) is 3.45. The lowest BCUT2D eigenvalue weighted by molar-refractivity contribution is 0.0546. The Morgan fingerprint density at radius 2 is 1.96 bits per heavy atom. The Morgan fingerprint density at radius 3 is 2.61 bits per heavy atom. The lowest BCUT2D eigenvalue weighted by atomic mass is 10.1. The quantitative estimate of drug-likeness (QED) is 0.938. The summed E-state index contributed by atoms with van der Waals surface area (Å²) in [5.41, 5.74) is 2.19. The van der Waals surface area contributed by atoms with Crippen molar-refractivity contribution in [3.63, 3.8) is 0 Å². The molecule has 1 amide bonds. The smallest absolute Gasteiger partial charge is 0.258 e. The van der Waals surface area contributed by atoms with Gasteiger partial charge >= 0.3 is 0 Å². The minimum atomic E-state index is -0.309. The molecule has 1 fully saturated rings. The number of likely N-dealkylation sites (tertiary alicyclic amines) is 1. The maximum atomic E-state index is 12.7. The summed E-state index contributed by atoms with van der Waals surface area (Å²) in [5, 5.41) is 14.4. The first kappa shape index (κ1) is 16.0. The van der Waals surface area contributed by atoms with Crippen LogP contribution in [0.3, 0.4) is 0 Å². The zero-order valence-corrected chi connectivity index (χ0v) is 13.8. The highest BCUT2D eigenvalue weighted by Gasteiger charge is 2.27. The zero-order chi connectivity index (χ0) is 16.4. The lowest BCUT2D eigenvalue weighted by Gasteiger charge is -2.29. The Balaban J connectivity index is 1.81. The molecule has 2 aromatic rings. The first-order chi connectivity index (χ1) is 11.1. The molecule has 23 heavy (non-hydrogen) atoms. The van der Waals surface area contributed by atoms with E-state index in [-0.39, 0.29) is 12.0 Å². The van der Waals surface area contributed by atoms with Gasteiger partial charge in [0.1, 0.15) is 5.15 Å². The van der Waals surface area contributed by atoms with Crippen LogP contribution in [0, 0.1) is 6.92 Å². The summed E-state index contributed by atoms with van der Waals surface area (Å²) in [6, 6.07) is 9.89. The number of piperidine rings is 1. The average Bonchev–Trinajstić information content (AvgIpc) is 2.82. The Kier molecular flexibility index (Phi) is 4.68. The van der Waals surface area contributed by atoms with E-state index in [2.05, 4.69) is 5.10 Å². The highest BCUT2D eigenvalue weighted by atomic mass is 35.5. The van der Waals surface area contributed by atoms with Crippen LogP contribution in [0.15, 0.2) is 30.3 Å². The number of aryl methyl sites for hydroxylation is 1. The van der Waals surface area contributed by atoms with Crippen molar-refractivity contribution in [1.29, 1.82) is 0 Å². The fraction of sp³-hybridized carbons (Fsp3) is 0.412. The van der Waals surface area contributed by atoms with Crippen molar-refractivity contribution in [2.24, 2.45) is 0 Å². The fourth-order valence-electron chi connectivity index (χ4n) is 2.88.